The molecule has 4 aliphatic rings. The Hall–Kier alpha value is -3.64. The Morgan fingerprint density at radius 3 is 2.39 bits per heavy atom. The van der Waals surface area contributed by atoms with Gasteiger partial charge in [0.15, 0.2) is 11.7 Å². The van der Waals surface area contributed by atoms with E-state index in [1.54, 1.807) is 18.2 Å². The number of pyridine rings is 1. The number of thiocarbonyl (C=S) groups is 1. The predicted molar refractivity (Wildman–Crippen MR) is 198 cm³/mol. The van der Waals surface area contributed by atoms with E-state index in [-0.39, 0.29) is 22.3 Å². The van der Waals surface area contributed by atoms with Gasteiger partial charge in [-0.25, -0.2) is 14.8 Å². The molecule has 1 aliphatic heterocycles. The normalized spacial score (nSPS) is 21.1. The number of nitrogens with zero attached hydrogens (tertiary/aromatic N) is 3. The Morgan fingerprint density at radius 2 is 1.84 bits per heavy atom. The highest BCUT2D eigenvalue weighted by atomic mass is 35.5. The largest absolute Gasteiger partial charge is 0.479 e. The molecule has 268 valence electrons. The van der Waals surface area contributed by atoms with Gasteiger partial charge in [-0.15, -0.1) is 0 Å². The van der Waals surface area contributed by atoms with Crippen molar-refractivity contribution in [1.29, 1.82) is 0 Å². The number of hydrogen-bond donors (Lipinski definition) is 4. The second-order valence-electron chi connectivity index (χ2n) is 15.1. The molecule has 49 heavy (non-hydrogen) atoms. The number of rotatable bonds is 13. The van der Waals surface area contributed by atoms with Crippen molar-refractivity contribution in [2.24, 2.45) is 39.1 Å². The van der Waals surface area contributed by atoms with Crippen molar-refractivity contribution >= 4 is 52.8 Å². The van der Waals surface area contributed by atoms with Crippen molar-refractivity contribution in [3.05, 3.63) is 59.9 Å². The molecule has 0 bridgehead atoms. The van der Waals surface area contributed by atoms with E-state index in [1.165, 1.54) is 38.0 Å². The summed E-state index contributed by atoms with van der Waals surface area (Å²) in [5.41, 5.74) is 11.9. The third-order valence-corrected chi connectivity index (χ3v) is 10.5. The predicted octanol–water partition coefficient (Wildman–Crippen LogP) is 6.51. The number of amides is 2. The molecule has 1 unspecified atom stereocenters. The lowest BCUT2D eigenvalue weighted by Crippen LogP contribution is -2.45. The highest BCUT2D eigenvalue weighted by Gasteiger charge is 2.85. The van der Waals surface area contributed by atoms with Gasteiger partial charge in [0, 0.05) is 30.9 Å². The first-order valence-electron chi connectivity index (χ1n) is 16.9. The maximum atomic E-state index is 12.4. The fourth-order valence-corrected chi connectivity index (χ4v) is 7.82. The third-order valence-electron chi connectivity index (χ3n) is 9.96. The summed E-state index contributed by atoms with van der Waals surface area (Å²) in [4.78, 5) is 34.0. The molecule has 6 N–H and O–H groups in total. The number of halogens is 1. The zero-order valence-corrected chi connectivity index (χ0v) is 31.0. The summed E-state index contributed by atoms with van der Waals surface area (Å²) in [6.07, 6.45) is 13.1. The molecule has 13 heteroatoms. The number of ether oxygens (including phenoxy) is 2. The van der Waals surface area contributed by atoms with Crippen LogP contribution in [0.1, 0.15) is 89.9 Å². The first-order valence-corrected chi connectivity index (χ1v) is 17.7. The summed E-state index contributed by atoms with van der Waals surface area (Å²) in [6.45, 7) is 19.5. The zero-order chi connectivity index (χ0) is 36.2. The smallest absolute Gasteiger partial charge is 0.410 e. The first kappa shape index (κ1) is 38.2. The molecule has 5 rings (SSSR count). The minimum absolute atomic E-state index is 0.0304. The molecule has 3 saturated carbocycles. The summed E-state index contributed by atoms with van der Waals surface area (Å²) in [7, 11) is 0. The van der Waals surface area contributed by atoms with Gasteiger partial charge >= 0.3 is 6.09 Å². The van der Waals surface area contributed by atoms with Gasteiger partial charge in [-0.3, -0.25) is 4.79 Å². The van der Waals surface area contributed by atoms with E-state index in [1.807, 2.05) is 25.7 Å². The summed E-state index contributed by atoms with van der Waals surface area (Å²) in [6, 6.07) is 3.05. The SMILES string of the molecule is C=CC(=S)NC(=C)NCCC1CN(C(=O)OC(C)(C)C)C(C)(C)C1.NC(=O)c1ccc(N=C/C=C(\N)OCCC2C3(CC3)C23CC3)nc1Cl. The van der Waals surface area contributed by atoms with Crippen LogP contribution in [0.5, 0.6) is 0 Å². The zero-order valence-electron chi connectivity index (χ0n) is 29.4. The van der Waals surface area contributed by atoms with Crippen LogP contribution in [0.2, 0.25) is 5.15 Å². The molecule has 0 radical (unpaired) electrons. The van der Waals surface area contributed by atoms with Crippen molar-refractivity contribution < 1.29 is 19.1 Å². The van der Waals surface area contributed by atoms with Gasteiger partial charge in [0.1, 0.15) is 15.7 Å². The molecular formula is C36H52ClN7O4S. The maximum absolute atomic E-state index is 12.4. The maximum Gasteiger partial charge on any atom is 0.410 e. The summed E-state index contributed by atoms with van der Waals surface area (Å²) < 4.78 is 11.1. The van der Waals surface area contributed by atoms with Crippen molar-refractivity contribution in [3.8, 4) is 0 Å². The standard InChI is InChI=1S/C18H21ClN4O2.C18H31N3O2S/c19-15-11(16(21)24)1-2-14(23-15)22-9-3-13(20)25-10-4-12-17(5-6-17)18(12)7-8-18;1-8-15(24)20-13(2)19-10-9-14-11-18(6,7)21(12-14)16(22)23-17(3,4)5/h1-3,9,12H,4-8,10,20H2,(H2,21,24);8,14,19H,1-2,9-12H2,3-7H3,(H,20,24)/b13-3+,22-9?;. The van der Waals surface area contributed by atoms with E-state index in [0.717, 1.165) is 31.7 Å². The number of primary amides is 1. The molecule has 2 spiro atoms. The van der Waals surface area contributed by atoms with Crippen LogP contribution in [0.25, 0.3) is 0 Å². The van der Waals surface area contributed by atoms with Crippen LogP contribution in [-0.2, 0) is 9.47 Å². The fraction of sp³-hybridized carbons (Fsp3) is 0.583. The third kappa shape index (κ3) is 9.75. The van der Waals surface area contributed by atoms with Gasteiger partial charge in [-0.1, -0.05) is 37.0 Å². The van der Waals surface area contributed by atoms with Crippen molar-refractivity contribution in [2.45, 2.75) is 90.7 Å². The van der Waals surface area contributed by atoms with Gasteiger partial charge in [0.25, 0.3) is 5.91 Å². The Bertz CT molecular complexity index is 1490. The number of aromatic nitrogens is 1. The second-order valence-corrected chi connectivity index (χ2v) is 15.9. The minimum Gasteiger partial charge on any atom is -0.479 e. The highest BCUT2D eigenvalue weighted by molar-refractivity contribution is 7.80. The second kappa shape index (κ2) is 15.1. The number of aliphatic imine (C=N–C) groups is 1. The number of carbonyl (C=O) groups is 2. The molecule has 1 atom stereocenters. The molecule has 1 saturated heterocycles. The number of allylic oxidation sites excluding steroid dienone is 1. The van der Waals surface area contributed by atoms with Crippen molar-refractivity contribution in [3.63, 3.8) is 0 Å². The van der Waals surface area contributed by atoms with Gasteiger partial charge in [0.05, 0.1) is 18.0 Å². The Balaban J connectivity index is 0.000000221. The van der Waals surface area contributed by atoms with Crippen LogP contribution >= 0.6 is 23.8 Å². The van der Waals surface area contributed by atoms with Crippen molar-refractivity contribution in [2.75, 3.05) is 19.7 Å². The molecular weight excluding hydrogens is 662 g/mol. The molecule has 11 nitrogen and oxygen atoms in total. The molecule has 1 aromatic rings. The molecule has 4 fully saturated rings. The monoisotopic (exact) mass is 713 g/mol. The lowest BCUT2D eigenvalue weighted by Gasteiger charge is -2.33. The highest BCUT2D eigenvalue weighted by Crippen LogP contribution is 2.93. The number of fused-ring (bicyclic) bond motifs is 1. The van der Waals surface area contributed by atoms with Crippen molar-refractivity contribution in [1.82, 2.24) is 20.5 Å². The van der Waals surface area contributed by atoms with Crippen LogP contribution in [0.3, 0.4) is 0 Å². The van der Waals surface area contributed by atoms with Gasteiger partial charge in [-0.2, -0.15) is 0 Å². The van der Waals surface area contributed by atoms with Crippen LogP contribution in [0.4, 0.5) is 10.6 Å². The molecule has 1 aromatic heterocycles. The van der Waals surface area contributed by atoms with E-state index >= 15 is 0 Å². The van der Waals surface area contributed by atoms with E-state index in [2.05, 4.69) is 47.6 Å². The van der Waals surface area contributed by atoms with Crippen LogP contribution in [0.15, 0.2) is 54.1 Å². The lowest BCUT2D eigenvalue weighted by molar-refractivity contribution is 0.0130. The van der Waals surface area contributed by atoms with E-state index in [9.17, 15) is 9.59 Å². The van der Waals surface area contributed by atoms with Gasteiger partial charge in [0.2, 0.25) is 0 Å². The Labute approximate surface area is 301 Å². The Morgan fingerprint density at radius 1 is 1.18 bits per heavy atom. The molecule has 2 amide bonds. The van der Waals surface area contributed by atoms with E-state index < -0.39 is 11.5 Å². The van der Waals surface area contributed by atoms with E-state index in [0.29, 0.717) is 52.4 Å². The number of nitrogens with one attached hydrogen (secondary N) is 2. The van der Waals surface area contributed by atoms with Crippen LogP contribution < -0.4 is 22.1 Å². The number of nitrogens with two attached hydrogens (primary N) is 2. The number of carbonyl (C=O) groups excluding carboxylic acids is 2. The van der Waals surface area contributed by atoms with Crippen LogP contribution in [-0.4, -0.2) is 63.9 Å². The molecule has 2 heterocycles. The van der Waals surface area contributed by atoms with Gasteiger partial charge in [-0.05, 0) is 120 Å². The quantitative estimate of drug-likeness (QED) is 0.0588. The average Bonchev–Trinajstić information content (AvgIpc) is 3.94. The van der Waals surface area contributed by atoms with Gasteiger partial charge < -0.3 is 36.5 Å². The summed E-state index contributed by atoms with van der Waals surface area (Å²) >= 11 is 10.9. The fourth-order valence-electron chi connectivity index (χ4n) is 7.45. The summed E-state index contributed by atoms with van der Waals surface area (Å²) in [5, 5.41) is 6.19. The van der Waals surface area contributed by atoms with E-state index in [4.69, 9.17) is 44.8 Å². The Kier molecular flexibility index (Phi) is 11.7. The number of hydrogen-bond acceptors (Lipinski definition) is 9. The topological polar surface area (TPSA) is 157 Å². The average molecular weight is 714 g/mol. The molecule has 0 aromatic carbocycles. The first-order chi connectivity index (χ1) is 22.9. The minimum atomic E-state index is -0.623. The lowest BCUT2D eigenvalue weighted by atomic mass is 9.94. The van der Waals surface area contributed by atoms with Crippen LogP contribution in [0, 0.1) is 22.7 Å². The molecule has 3 aliphatic carbocycles. The number of likely N-dealkylation sites (tertiary alicyclic amines) is 1. The summed E-state index contributed by atoms with van der Waals surface area (Å²) in [5.74, 6) is 2.03.